The van der Waals surface area contributed by atoms with Crippen LogP contribution >= 0.6 is 0 Å². The number of nitrogens with zero attached hydrogens (tertiary/aromatic N) is 2. The molecule has 3 saturated carbocycles. The molecule has 0 spiro atoms. The van der Waals surface area contributed by atoms with Crippen LogP contribution in [-0.2, 0) is 0 Å². The second-order valence-electron chi connectivity index (χ2n) is 11.1. The predicted octanol–water partition coefficient (Wildman–Crippen LogP) is 8.60. The highest BCUT2D eigenvalue weighted by atomic mass is 19.1. The summed E-state index contributed by atoms with van der Waals surface area (Å²) in [6.45, 7) is 2.34. The third-order valence-electron chi connectivity index (χ3n) is 8.75. The maximum atomic E-state index is 14.5. The van der Waals surface area contributed by atoms with Gasteiger partial charge in [0.2, 0.25) is 0 Å². The highest BCUT2D eigenvalue weighted by Crippen LogP contribution is 2.46. The standard InChI is InChI=1S/C33H30F2N4O/c1-19-20-7-9-22(10-8-20)31(19)38-30-17-29(21-11-13-25(14-12-21)40-24-5-3-2-4-6-24)37-33(39-30)27-18-36-32-26(27)15-23(34)16-28(32)35/h2-6,11-20,22,31,36H,7-10H2,1H3,(H,37,38,39). The minimum absolute atomic E-state index is 0.237. The Morgan fingerprint density at radius 1 is 0.850 bits per heavy atom. The van der Waals surface area contributed by atoms with Crippen LogP contribution in [-0.4, -0.2) is 21.0 Å². The van der Waals surface area contributed by atoms with E-state index in [-0.39, 0.29) is 5.52 Å². The van der Waals surface area contributed by atoms with Crippen molar-refractivity contribution in [3.8, 4) is 34.1 Å². The molecule has 202 valence electrons. The minimum atomic E-state index is -0.642. The Morgan fingerprint density at radius 3 is 2.33 bits per heavy atom. The van der Waals surface area contributed by atoms with Crippen LogP contribution in [0.5, 0.6) is 11.5 Å². The van der Waals surface area contributed by atoms with Gasteiger partial charge in [0.05, 0.1) is 11.2 Å². The monoisotopic (exact) mass is 536 g/mol. The molecule has 5 nitrogen and oxygen atoms in total. The minimum Gasteiger partial charge on any atom is -0.457 e. The van der Waals surface area contributed by atoms with Gasteiger partial charge in [0.25, 0.3) is 0 Å². The SMILES string of the molecule is CC1C2CCC(CC2)C1Nc1cc(-c2ccc(Oc3ccccc3)cc2)nc(-c2c[nH]c3c(F)cc(F)cc23)n1. The molecule has 8 rings (SSSR count). The molecular weight excluding hydrogens is 506 g/mol. The Labute approximate surface area is 231 Å². The van der Waals surface area contributed by atoms with Crippen molar-refractivity contribution in [3.63, 3.8) is 0 Å². The maximum Gasteiger partial charge on any atom is 0.164 e. The molecule has 2 unspecified atom stereocenters. The number of para-hydroxylation sites is 1. The molecule has 0 amide bonds. The van der Waals surface area contributed by atoms with E-state index in [1.165, 1.54) is 31.7 Å². The number of anilines is 1. The van der Waals surface area contributed by atoms with E-state index in [1.807, 2.05) is 60.7 Å². The van der Waals surface area contributed by atoms with Crippen LogP contribution in [0.25, 0.3) is 33.5 Å². The van der Waals surface area contributed by atoms with Gasteiger partial charge in [0, 0.05) is 40.9 Å². The summed E-state index contributed by atoms with van der Waals surface area (Å²) in [4.78, 5) is 12.7. The predicted molar refractivity (Wildman–Crippen MR) is 153 cm³/mol. The van der Waals surface area contributed by atoms with E-state index in [4.69, 9.17) is 14.7 Å². The molecule has 40 heavy (non-hydrogen) atoms. The van der Waals surface area contributed by atoms with Crippen LogP contribution in [0.3, 0.4) is 0 Å². The quantitative estimate of drug-likeness (QED) is 0.228. The molecule has 0 radical (unpaired) electrons. The van der Waals surface area contributed by atoms with Crippen LogP contribution in [0.4, 0.5) is 14.6 Å². The molecule has 0 aliphatic heterocycles. The topological polar surface area (TPSA) is 62.8 Å². The summed E-state index contributed by atoms with van der Waals surface area (Å²) in [5.74, 6) is 3.25. The third kappa shape index (κ3) is 4.59. The van der Waals surface area contributed by atoms with E-state index < -0.39 is 11.6 Å². The van der Waals surface area contributed by atoms with Crippen molar-refractivity contribution in [2.45, 2.75) is 38.6 Å². The number of benzene rings is 3. The first-order chi connectivity index (χ1) is 19.5. The number of halogens is 2. The fraction of sp³-hybridized carbons (Fsp3) is 0.273. The van der Waals surface area contributed by atoms with Gasteiger partial charge in [-0.3, -0.25) is 0 Å². The smallest absolute Gasteiger partial charge is 0.164 e. The molecule has 2 N–H and O–H groups in total. The molecule has 5 aromatic rings. The molecule has 0 saturated heterocycles. The number of hydrogen-bond donors (Lipinski definition) is 2. The van der Waals surface area contributed by atoms with Crippen LogP contribution < -0.4 is 10.1 Å². The molecule has 2 atom stereocenters. The van der Waals surface area contributed by atoms with Gasteiger partial charge in [-0.2, -0.15) is 0 Å². The van der Waals surface area contributed by atoms with Gasteiger partial charge in [-0.25, -0.2) is 18.7 Å². The van der Waals surface area contributed by atoms with E-state index in [1.54, 1.807) is 6.20 Å². The molecule has 2 heterocycles. The van der Waals surface area contributed by atoms with Gasteiger partial charge >= 0.3 is 0 Å². The maximum absolute atomic E-state index is 14.5. The lowest BCUT2D eigenvalue weighted by Crippen LogP contribution is -2.47. The van der Waals surface area contributed by atoms with E-state index in [9.17, 15) is 8.78 Å². The van der Waals surface area contributed by atoms with Gasteiger partial charge in [0.1, 0.15) is 29.0 Å². The van der Waals surface area contributed by atoms with Crippen molar-refractivity contribution in [2.75, 3.05) is 5.32 Å². The molecular formula is C33H30F2N4O. The first-order valence-corrected chi connectivity index (χ1v) is 14.0. The zero-order valence-corrected chi connectivity index (χ0v) is 22.2. The lowest BCUT2D eigenvalue weighted by molar-refractivity contribution is 0.0928. The van der Waals surface area contributed by atoms with Crippen LogP contribution in [0.2, 0.25) is 0 Å². The van der Waals surface area contributed by atoms with Crippen LogP contribution in [0, 0.1) is 29.4 Å². The highest BCUT2D eigenvalue weighted by Gasteiger charge is 2.41. The van der Waals surface area contributed by atoms with Crippen molar-refractivity contribution in [2.24, 2.45) is 17.8 Å². The summed E-state index contributed by atoms with van der Waals surface area (Å²) in [6, 6.07) is 21.9. The second kappa shape index (κ2) is 10.0. The van der Waals surface area contributed by atoms with Crippen molar-refractivity contribution in [1.29, 1.82) is 0 Å². The summed E-state index contributed by atoms with van der Waals surface area (Å²) in [5, 5.41) is 4.17. The van der Waals surface area contributed by atoms with Gasteiger partial charge < -0.3 is 15.0 Å². The van der Waals surface area contributed by atoms with E-state index in [0.717, 1.165) is 40.6 Å². The van der Waals surface area contributed by atoms with E-state index >= 15 is 0 Å². The first-order valence-electron chi connectivity index (χ1n) is 14.0. The highest BCUT2D eigenvalue weighted by molar-refractivity contribution is 5.94. The largest absolute Gasteiger partial charge is 0.457 e. The number of H-pyrrole nitrogens is 1. The van der Waals surface area contributed by atoms with Crippen LogP contribution in [0.15, 0.2) is 79.0 Å². The molecule has 3 aliphatic rings. The third-order valence-corrected chi connectivity index (χ3v) is 8.75. The van der Waals surface area contributed by atoms with Gasteiger partial charge in [-0.1, -0.05) is 25.1 Å². The van der Waals surface area contributed by atoms with Gasteiger partial charge in [-0.15, -0.1) is 0 Å². The van der Waals surface area contributed by atoms with Crippen molar-refractivity contribution >= 4 is 16.7 Å². The number of nitrogens with one attached hydrogen (secondary N) is 2. The Bertz CT molecular complexity index is 1660. The number of hydrogen-bond acceptors (Lipinski definition) is 4. The fourth-order valence-corrected chi connectivity index (χ4v) is 6.62. The van der Waals surface area contributed by atoms with Crippen molar-refractivity contribution in [1.82, 2.24) is 15.0 Å². The summed E-state index contributed by atoms with van der Waals surface area (Å²) in [7, 11) is 0. The number of rotatable bonds is 6. The average Bonchev–Trinajstić information content (AvgIpc) is 3.40. The molecule has 2 aromatic heterocycles. The first kappa shape index (κ1) is 24.8. The molecule has 2 bridgehead atoms. The molecule has 3 aliphatic carbocycles. The Balaban J connectivity index is 1.28. The Morgan fingerprint density at radius 2 is 1.57 bits per heavy atom. The molecule has 3 aromatic carbocycles. The lowest BCUT2D eigenvalue weighted by Gasteiger charge is -2.47. The van der Waals surface area contributed by atoms with E-state index in [2.05, 4.69) is 17.2 Å². The normalized spacial score (nSPS) is 22.0. The van der Waals surface area contributed by atoms with Crippen molar-refractivity contribution in [3.05, 3.63) is 90.6 Å². The zero-order chi connectivity index (χ0) is 27.2. The lowest BCUT2D eigenvalue weighted by atomic mass is 9.62. The number of ether oxygens (including phenoxy) is 1. The summed E-state index contributed by atoms with van der Waals surface area (Å²) < 4.78 is 34.7. The zero-order valence-electron chi connectivity index (χ0n) is 22.2. The molecule has 7 heteroatoms. The summed E-state index contributed by atoms with van der Waals surface area (Å²) in [5.41, 5.74) is 2.40. The van der Waals surface area contributed by atoms with Gasteiger partial charge in [0.15, 0.2) is 5.82 Å². The molecule has 3 fully saturated rings. The summed E-state index contributed by atoms with van der Waals surface area (Å²) >= 11 is 0. The fourth-order valence-electron chi connectivity index (χ4n) is 6.62. The second-order valence-corrected chi connectivity index (χ2v) is 11.1. The number of aromatic amines is 1. The number of aromatic nitrogens is 3. The van der Waals surface area contributed by atoms with E-state index in [0.29, 0.717) is 34.7 Å². The number of fused-ring (bicyclic) bond motifs is 4. The van der Waals surface area contributed by atoms with Crippen LogP contribution in [0.1, 0.15) is 32.6 Å². The van der Waals surface area contributed by atoms with Gasteiger partial charge in [-0.05, 0) is 85.9 Å². The van der Waals surface area contributed by atoms with Crippen molar-refractivity contribution < 1.29 is 13.5 Å². The average molecular weight is 537 g/mol. The Hall–Kier alpha value is -4.26. The summed E-state index contributed by atoms with van der Waals surface area (Å²) in [6.07, 6.45) is 6.73. The Kier molecular flexibility index (Phi) is 6.22.